The van der Waals surface area contributed by atoms with Crippen LogP contribution in [0.4, 0.5) is 17.1 Å². The van der Waals surface area contributed by atoms with Crippen molar-refractivity contribution in [2.24, 2.45) is 0 Å². The van der Waals surface area contributed by atoms with E-state index < -0.39 is 0 Å². The zero-order valence-electron chi connectivity index (χ0n) is 22.2. The number of rotatable bonds is 10. The lowest BCUT2D eigenvalue weighted by atomic mass is 10.0. The highest BCUT2D eigenvalue weighted by Gasteiger charge is 2.22. The molecule has 0 aliphatic carbocycles. The van der Waals surface area contributed by atoms with Gasteiger partial charge in [0, 0.05) is 30.0 Å². The van der Waals surface area contributed by atoms with Crippen LogP contribution in [0, 0.1) is 6.92 Å². The Morgan fingerprint density at radius 1 is 1.24 bits per heavy atom. The van der Waals surface area contributed by atoms with Crippen molar-refractivity contribution in [2.45, 2.75) is 80.6 Å². The average molecular weight is 464 g/mol. The van der Waals surface area contributed by atoms with Crippen LogP contribution in [0.5, 0.6) is 0 Å². The second kappa shape index (κ2) is 10.9. The van der Waals surface area contributed by atoms with Crippen LogP contribution < -0.4 is 15.8 Å². The third-order valence-corrected chi connectivity index (χ3v) is 6.66. The molecule has 3 rings (SSSR count). The van der Waals surface area contributed by atoms with Gasteiger partial charge in [0.1, 0.15) is 5.69 Å². The first-order valence-corrected chi connectivity index (χ1v) is 12.7. The molecule has 0 bridgehead atoms. The summed E-state index contributed by atoms with van der Waals surface area (Å²) in [5.74, 6) is 0.175. The summed E-state index contributed by atoms with van der Waals surface area (Å²) in [7, 11) is 0. The fraction of sp³-hybridized carbons (Fsp3) is 0.500. The summed E-state index contributed by atoms with van der Waals surface area (Å²) in [6, 6.07) is 6.49. The summed E-state index contributed by atoms with van der Waals surface area (Å²) in [5, 5.41) is 6.98. The second-order valence-electron chi connectivity index (χ2n) is 9.33. The van der Waals surface area contributed by atoms with Gasteiger partial charge in [-0.25, -0.2) is 4.98 Å². The van der Waals surface area contributed by atoms with Crippen molar-refractivity contribution in [1.82, 2.24) is 14.6 Å². The number of hydrogen-bond donors (Lipinski definition) is 2. The SMILES string of the molecule is CC=C(C)c1[nH]n2c(=O)c(CCCC)c(C(C)C)nc2c1Nc1ccc(N(CC)CC)cc1C. The summed E-state index contributed by atoms with van der Waals surface area (Å²) in [6.45, 7) is 18.9. The third kappa shape index (κ3) is 4.91. The fourth-order valence-corrected chi connectivity index (χ4v) is 4.45. The molecule has 0 spiro atoms. The zero-order chi connectivity index (χ0) is 25.0. The molecule has 0 aliphatic rings. The Morgan fingerprint density at radius 3 is 2.50 bits per heavy atom. The molecule has 0 saturated carbocycles. The highest BCUT2D eigenvalue weighted by molar-refractivity contribution is 5.86. The second-order valence-corrected chi connectivity index (χ2v) is 9.33. The van der Waals surface area contributed by atoms with Gasteiger partial charge in [-0.3, -0.25) is 9.89 Å². The number of nitrogens with zero attached hydrogens (tertiary/aromatic N) is 3. The Bertz CT molecular complexity index is 1230. The maximum Gasteiger partial charge on any atom is 0.276 e. The lowest BCUT2D eigenvalue weighted by molar-refractivity contribution is 0.720. The molecule has 0 saturated heterocycles. The first-order valence-electron chi connectivity index (χ1n) is 12.7. The average Bonchev–Trinajstić information content (AvgIpc) is 3.18. The monoisotopic (exact) mass is 463 g/mol. The van der Waals surface area contributed by atoms with Gasteiger partial charge in [0.2, 0.25) is 0 Å². The Labute approximate surface area is 204 Å². The van der Waals surface area contributed by atoms with Crippen LogP contribution in [-0.4, -0.2) is 27.7 Å². The molecule has 6 heteroatoms. The molecule has 1 aromatic carbocycles. The Balaban J connectivity index is 2.21. The molecule has 184 valence electrons. The van der Waals surface area contributed by atoms with E-state index in [0.29, 0.717) is 5.65 Å². The van der Waals surface area contributed by atoms with Gasteiger partial charge < -0.3 is 10.2 Å². The van der Waals surface area contributed by atoms with Crippen LogP contribution in [0.1, 0.15) is 89.7 Å². The zero-order valence-corrected chi connectivity index (χ0v) is 22.2. The minimum absolute atomic E-state index is 0.00829. The first-order chi connectivity index (χ1) is 16.3. The van der Waals surface area contributed by atoms with Crippen molar-refractivity contribution in [2.75, 3.05) is 23.3 Å². The largest absolute Gasteiger partial charge is 0.372 e. The van der Waals surface area contributed by atoms with Crippen molar-refractivity contribution in [1.29, 1.82) is 0 Å². The van der Waals surface area contributed by atoms with E-state index in [1.165, 1.54) is 5.69 Å². The summed E-state index contributed by atoms with van der Waals surface area (Å²) >= 11 is 0. The number of nitrogens with one attached hydrogen (secondary N) is 2. The molecule has 0 fully saturated rings. The normalized spacial score (nSPS) is 12.1. The molecule has 0 atom stereocenters. The summed E-state index contributed by atoms with van der Waals surface area (Å²) in [4.78, 5) is 21.0. The maximum atomic E-state index is 13.6. The number of aryl methyl sites for hydroxylation is 1. The van der Waals surface area contributed by atoms with Crippen molar-refractivity contribution in [3.05, 3.63) is 57.1 Å². The molecule has 3 aromatic rings. The Kier molecular flexibility index (Phi) is 8.24. The number of aromatic amines is 1. The van der Waals surface area contributed by atoms with E-state index in [2.05, 4.69) is 88.1 Å². The maximum absolute atomic E-state index is 13.6. The van der Waals surface area contributed by atoms with Gasteiger partial charge in [-0.05, 0) is 82.7 Å². The van der Waals surface area contributed by atoms with Gasteiger partial charge >= 0.3 is 0 Å². The van der Waals surface area contributed by atoms with Crippen LogP contribution in [0.25, 0.3) is 11.2 Å². The third-order valence-electron chi connectivity index (χ3n) is 6.66. The smallest absolute Gasteiger partial charge is 0.276 e. The molecule has 0 radical (unpaired) electrons. The quantitative estimate of drug-likeness (QED) is 0.347. The van der Waals surface area contributed by atoms with E-state index in [0.717, 1.165) is 71.8 Å². The molecule has 2 aromatic heterocycles. The Morgan fingerprint density at radius 2 is 1.94 bits per heavy atom. The number of aromatic nitrogens is 3. The highest BCUT2D eigenvalue weighted by Crippen LogP contribution is 2.33. The molecule has 2 N–H and O–H groups in total. The minimum Gasteiger partial charge on any atom is -0.372 e. The number of anilines is 3. The number of fused-ring (bicyclic) bond motifs is 1. The van der Waals surface area contributed by atoms with E-state index in [-0.39, 0.29) is 11.5 Å². The number of H-pyrrole nitrogens is 1. The van der Waals surface area contributed by atoms with Crippen LogP contribution in [0.2, 0.25) is 0 Å². The van der Waals surface area contributed by atoms with Gasteiger partial charge in [0.05, 0.1) is 11.4 Å². The van der Waals surface area contributed by atoms with E-state index in [9.17, 15) is 4.79 Å². The predicted molar refractivity (Wildman–Crippen MR) is 146 cm³/mol. The van der Waals surface area contributed by atoms with Crippen LogP contribution in [-0.2, 0) is 6.42 Å². The molecule has 0 unspecified atom stereocenters. The highest BCUT2D eigenvalue weighted by atomic mass is 16.1. The van der Waals surface area contributed by atoms with Crippen molar-refractivity contribution in [3.63, 3.8) is 0 Å². The molecular formula is C28H41N5O. The van der Waals surface area contributed by atoms with E-state index in [4.69, 9.17) is 4.98 Å². The van der Waals surface area contributed by atoms with Crippen LogP contribution in [0.15, 0.2) is 29.1 Å². The number of allylic oxidation sites excluding steroid dienone is 2. The predicted octanol–water partition coefficient (Wildman–Crippen LogP) is 6.81. The lowest BCUT2D eigenvalue weighted by Crippen LogP contribution is -2.23. The first kappa shape index (κ1) is 25.6. The standard InChI is InChI=1S/C28H41N5O/c1-9-13-14-22-24(18(5)6)30-27-26(25(19(7)10-2)31-33(27)28(22)34)29-23-16-15-21(17-20(23)8)32(11-3)12-4/h10,15-18,29,31H,9,11-14H2,1-8H3. The van der Waals surface area contributed by atoms with Crippen LogP contribution >= 0.6 is 0 Å². The van der Waals surface area contributed by atoms with Crippen molar-refractivity contribution < 1.29 is 0 Å². The molecule has 6 nitrogen and oxygen atoms in total. The minimum atomic E-state index is 0.00829. The van der Waals surface area contributed by atoms with E-state index in [1.807, 2.05) is 6.92 Å². The fourth-order valence-electron chi connectivity index (χ4n) is 4.45. The van der Waals surface area contributed by atoms with Crippen molar-refractivity contribution >= 4 is 28.3 Å². The van der Waals surface area contributed by atoms with E-state index >= 15 is 0 Å². The van der Waals surface area contributed by atoms with Crippen LogP contribution in [0.3, 0.4) is 0 Å². The summed E-state index contributed by atoms with van der Waals surface area (Å²) in [6.07, 6.45) is 4.83. The summed E-state index contributed by atoms with van der Waals surface area (Å²) < 4.78 is 1.63. The van der Waals surface area contributed by atoms with Gasteiger partial charge in [-0.15, -0.1) is 0 Å². The summed E-state index contributed by atoms with van der Waals surface area (Å²) in [5.41, 5.74) is 8.56. The van der Waals surface area contributed by atoms with Gasteiger partial charge in [0.25, 0.3) is 5.56 Å². The molecule has 0 aliphatic heterocycles. The number of hydrogen-bond acceptors (Lipinski definition) is 4. The molecular weight excluding hydrogens is 422 g/mol. The number of benzene rings is 1. The van der Waals surface area contributed by atoms with E-state index in [1.54, 1.807) is 4.52 Å². The topological polar surface area (TPSA) is 65.4 Å². The molecule has 0 amide bonds. The molecule has 34 heavy (non-hydrogen) atoms. The number of unbranched alkanes of at least 4 members (excludes halogenated alkanes) is 1. The van der Waals surface area contributed by atoms with Gasteiger partial charge in [-0.1, -0.05) is 33.3 Å². The molecule has 2 heterocycles. The Hall–Kier alpha value is -3.02. The van der Waals surface area contributed by atoms with Gasteiger partial charge in [0.15, 0.2) is 5.65 Å². The van der Waals surface area contributed by atoms with Crippen molar-refractivity contribution in [3.8, 4) is 0 Å². The lowest BCUT2D eigenvalue weighted by Gasteiger charge is -2.22. The van der Waals surface area contributed by atoms with Gasteiger partial charge in [-0.2, -0.15) is 4.52 Å².